The normalized spacial score (nSPS) is 13.4. The van der Waals surface area contributed by atoms with Gasteiger partial charge in [-0.15, -0.1) is 0 Å². The van der Waals surface area contributed by atoms with Crippen molar-refractivity contribution in [1.29, 1.82) is 0 Å². The van der Waals surface area contributed by atoms with Crippen LogP contribution in [0.15, 0.2) is 12.4 Å². The molecule has 0 aliphatic carbocycles. The lowest BCUT2D eigenvalue weighted by atomic mass is 9.95. The van der Waals surface area contributed by atoms with E-state index in [1.165, 1.54) is 6.33 Å². The molecule has 3 heteroatoms. The van der Waals surface area contributed by atoms with E-state index in [-0.39, 0.29) is 0 Å². The third-order valence-electron chi connectivity index (χ3n) is 2.12. The maximum atomic E-state index is 5.74. The molecule has 1 aromatic heterocycles. The van der Waals surface area contributed by atoms with Gasteiger partial charge >= 0.3 is 0 Å². The lowest BCUT2D eigenvalue weighted by Crippen LogP contribution is -2.04. The Labute approximate surface area is 78.0 Å². The molecule has 0 spiro atoms. The van der Waals surface area contributed by atoms with Gasteiger partial charge in [-0.25, -0.2) is 9.97 Å². The molecular weight excluding hydrogens is 172 g/mol. The second kappa shape index (κ2) is 3.85. The predicted molar refractivity (Wildman–Crippen MR) is 50.3 cm³/mol. The fraction of sp³-hybridized carbons (Fsp3) is 0.556. The zero-order chi connectivity index (χ0) is 9.14. The highest BCUT2D eigenvalue weighted by atomic mass is 35.5. The molecule has 0 saturated carbocycles. The van der Waals surface area contributed by atoms with Gasteiger partial charge in [0.2, 0.25) is 0 Å². The van der Waals surface area contributed by atoms with Gasteiger partial charge in [0.05, 0.1) is 0 Å². The largest absolute Gasteiger partial charge is 0.241 e. The Morgan fingerprint density at radius 1 is 1.25 bits per heavy atom. The molecule has 0 fully saturated rings. The van der Waals surface area contributed by atoms with Crippen molar-refractivity contribution in [2.75, 3.05) is 0 Å². The number of halogens is 1. The fourth-order valence-electron chi connectivity index (χ4n) is 0.938. The molecule has 1 unspecified atom stereocenters. The van der Waals surface area contributed by atoms with E-state index in [9.17, 15) is 0 Å². The molecule has 0 bridgehead atoms. The smallest absolute Gasteiger partial charge is 0.132 e. The summed E-state index contributed by atoms with van der Waals surface area (Å²) in [5, 5.41) is 0.521. The van der Waals surface area contributed by atoms with Gasteiger partial charge in [0.1, 0.15) is 11.5 Å². The van der Waals surface area contributed by atoms with Crippen LogP contribution in [0, 0.1) is 5.92 Å². The molecule has 2 nitrogen and oxygen atoms in total. The monoisotopic (exact) mass is 184 g/mol. The second-order valence-electron chi connectivity index (χ2n) is 3.30. The van der Waals surface area contributed by atoms with Crippen LogP contribution in [-0.4, -0.2) is 9.97 Å². The molecule has 1 atom stereocenters. The Balaban J connectivity index is 2.88. The van der Waals surface area contributed by atoms with Crippen LogP contribution in [0.3, 0.4) is 0 Å². The number of aromatic nitrogens is 2. The summed E-state index contributed by atoms with van der Waals surface area (Å²) in [7, 11) is 0. The van der Waals surface area contributed by atoms with Crippen molar-refractivity contribution in [3.8, 4) is 0 Å². The molecule has 0 aromatic carbocycles. The lowest BCUT2D eigenvalue weighted by Gasteiger charge is -2.13. The summed E-state index contributed by atoms with van der Waals surface area (Å²) in [5.41, 5.74) is 1.02. The van der Waals surface area contributed by atoms with E-state index in [1.54, 1.807) is 0 Å². The Morgan fingerprint density at radius 2 is 1.92 bits per heavy atom. The number of hydrogen-bond donors (Lipinski definition) is 0. The van der Waals surface area contributed by atoms with Gasteiger partial charge in [-0.3, -0.25) is 0 Å². The van der Waals surface area contributed by atoms with E-state index in [0.717, 1.165) is 5.69 Å². The van der Waals surface area contributed by atoms with Crippen molar-refractivity contribution in [2.45, 2.75) is 26.7 Å². The van der Waals surface area contributed by atoms with E-state index < -0.39 is 0 Å². The SMILES string of the molecule is CC(C)C(C)c1cc(Cl)ncn1. The van der Waals surface area contributed by atoms with Crippen molar-refractivity contribution < 1.29 is 0 Å². The van der Waals surface area contributed by atoms with E-state index in [0.29, 0.717) is 17.0 Å². The van der Waals surface area contributed by atoms with Crippen molar-refractivity contribution in [2.24, 2.45) is 5.92 Å². The van der Waals surface area contributed by atoms with Gasteiger partial charge in [0.15, 0.2) is 0 Å². The first kappa shape index (κ1) is 9.46. The second-order valence-corrected chi connectivity index (χ2v) is 3.69. The summed E-state index contributed by atoms with van der Waals surface area (Å²) >= 11 is 5.74. The molecule has 0 radical (unpaired) electrons. The Bertz CT molecular complexity index is 260. The fourth-order valence-corrected chi connectivity index (χ4v) is 1.09. The molecule has 0 saturated heterocycles. The van der Waals surface area contributed by atoms with Crippen LogP contribution in [-0.2, 0) is 0 Å². The van der Waals surface area contributed by atoms with Crippen molar-refractivity contribution in [3.05, 3.63) is 23.2 Å². The summed E-state index contributed by atoms with van der Waals surface area (Å²) < 4.78 is 0. The van der Waals surface area contributed by atoms with Gasteiger partial charge in [-0.05, 0) is 12.0 Å². The van der Waals surface area contributed by atoms with Gasteiger partial charge in [0.25, 0.3) is 0 Å². The first-order valence-corrected chi connectivity index (χ1v) is 4.46. The minimum absolute atomic E-state index is 0.436. The van der Waals surface area contributed by atoms with Crippen molar-refractivity contribution >= 4 is 11.6 Å². The van der Waals surface area contributed by atoms with Crippen LogP contribution in [0.5, 0.6) is 0 Å². The average molecular weight is 185 g/mol. The number of hydrogen-bond acceptors (Lipinski definition) is 2. The molecule has 0 aliphatic rings. The van der Waals surface area contributed by atoms with Crippen LogP contribution >= 0.6 is 11.6 Å². The number of rotatable bonds is 2. The van der Waals surface area contributed by atoms with Gasteiger partial charge in [0, 0.05) is 11.6 Å². The highest BCUT2D eigenvalue weighted by molar-refractivity contribution is 6.29. The Morgan fingerprint density at radius 3 is 2.42 bits per heavy atom. The van der Waals surface area contributed by atoms with Crippen LogP contribution in [0.4, 0.5) is 0 Å². The van der Waals surface area contributed by atoms with Gasteiger partial charge in [-0.2, -0.15) is 0 Å². The molecule has 12 heavy (non-hydrogen) atoms. The predicted octanol–water partition coefficient (Wildman–Crippen LogP) is 2.89. The third-order valence-corrected chi connectivity index (χ3v) is 2.33. The Kier molecular flexibility index (Phi) is 3.04. The van der Waals surface area contributed by atoms with Crippen LogP contribution < -0.4 is 0 Å². The van der Waals surface area contributed by atoms with Crippen LogP contribution in [0.2, 0.25) is 5.15 Å². The summed E-state index contributed by atoms with van der Waals surface area (Å²) in [6.45, 7) is 6.48. The Hall–Kier alpha value is -0.630. The topological polar surface area (TPSA) is 25.8 Å². The average Bonchev–Trinajstić information content (AvgIpc) is 2.03. The first-order chi connectivity index (χ1) is 5.61. The molecule has 0 N–H and O–H groups in total. The molecule has 1 rings (SSSR count). The zero-order valence-corrected chi connectivity index (χ0v) is 8.34. The van der Waals surface area contributed by atoms with E-state index >= 15 is 0 Å². The third kappa shape index (κ3) is 2.18. The first-order valence-electron chi connectivity index (χ1n) is 4.08. The van der Waals surface area contributed by atoms with Gasteiger partial charge < -0.3 is 0 Å². The van der Waals surface area contributed by atoms with Crippen molar-refractivity contribution in [1.82, 2.24) is 9.97 Å². The summed E-state index contributed by atoms with van der Waals surface area (Å²) in [6.07, 6.45) is 1.51. The summed E-state index contributed by atoms with van der Waals surface area (Å²) in [6, 6.07) is 1.83. The standard InChI is InChI=1S/C9H13ClN2/c1-6(2)7(3)8-4-9(10)12-5-11-8/h4-7H,1-3H3. The lowest BCUT2D eigenvalue weighted by molar-refractivity contribution is 0.522. The van der Waals surface area contributed by atoms with E-state index in [4.69, 9.17) is 11.6 Å². The highest BCUT2D eigenvalue weighted by Gasteiger charge is 2.11. The molecular formula is C9H13ClN2. The molecule has 0 aliphatic heterocycles. The molecule has 0 amide bonds. The summed E-state index contributed by atoms with van der Waals surface area (Å²) in [5.74, 6) is 1.02. The minimum atomic E-state index is 0.436. The quantitative estimate of drug-likeness (QED) is 0.661. The molecule has 1 aromatic rings. The van der Waals surface area contributed by atoms with Crippen LogP contribution in [0.1, 0.15) is 32.4 Å². The van der Waals surface area contributed by atoms with Crippen molar-refractivity contribution in [3.63, 3.8) is 0 Å². The van der Waals surface area contributed by atoms with Crippen LogP contribution in [0.25, 0.3) is 0 Å². The highest BCUT2D eigenvalue weighted by Crippen LogP contribution is 2.22. The molecule has 66 valence electrons. The minimum Gasteiger partial charge on any atom is -0.241 e. The maximum Gasteiger partial charge on any atom is 0.132 e. The van der Waals surface area contributed by atoms with E-state index in [2.05, 4.69) is 30.7 Å². The van der Waals surface area contributed by atoms with Gasteiger partial charge in [-0.1, -0.05) is 32.4 Å². The number of nitrogens with zero attached hydrogens (tertiary/aromatic N) is 2. The maximum absolute atomic E-state index is 5.74. The van der Waals surface area contributed by atoms with E-state index in [1.807, 2.05) is 6.07 Å². The molecule has 1 heterocycles. The summed E-state index contributed by atoms with van der Waals surface area (Å²) in [4.78, 5) is 8.00. The zero-order valence-electron chi connectivity index (χ0n) is 7.58.